The maximum Gasteiger partial charge on any atom is 0.226 e. The zero-order valence-electron chi connectivity index (χ0n) is 19.3. The second-order valence-electron chi connectivity index (χ2n) is 9.17. The highest BCUT2D eigenvalue weighted by Gasteiger charge is 2.40. The van der Waals surface area contributed by atoms with Gasteiger partial charge in [0, 0.05) is 43.3 Å². The topological polar surface area (TPSA) is 62.2 Å². The third-order valence-corrected chi connectivity index (χ3v) is 7.26. The number of benzene rings is 1. The van der Waals surface area contributed by atoms with Crippen molar-refractivity contribution in [2.75, 3.05) is 11.9 Å². The van der Waals surface area contributed by atoms with Gasteiger partial charge in [-0.05, 0) is 61.0 Å². The number of amides is 1. The highest BCUT2D eigenvalue weighted by atomic mass is 32.1. The van der Waals surface area contributed by atoms with Gasteiger partial charge in [-0.15, -0.1) is 0 Å². The Morgan fingerprint density at radius 1 is 1.06 bits per heavy atom. The van der Waals surface area contributed by atoms with Crippen LogP contribution in [0.5, 0.6) is 0 Å². The van der Waals surface area contributed by atoms with Crippen molar-refractivity contribution in [1.29, 1.82) is 0 Å². The van der Waals surface area contributed by atoms with Crippen LogP contribution in [0.1, 0.15) is 67.9 Å². The number of carbonyl (C=O) groups is 1. The minimum atomic E-state index is -0.0620. The lowest BCUT2D eigenvalue weighted by Gasteiger charge is -2.27. The molecule has 0 radical (unpaired) electrons. The molecule has 2 fully saturated rings. The second kappa shape index (κ2) is 10.4. The maximum absolute atomic E-state index is 12.7. The Balaban J connectivity index is 1.36. The monoisotopic (exact) mass is 473 g/mol. The Bertz CT molecular complexity index is 1110. The average molecular weight is 474 g/mol. The summed E-state index contributed by atoms with van der Waals surface area (Å²) < 4.78 is 2.38. The lowest BCUT2D eigenvalue weighted by atomic mass is 9.95. The molecule has 1 saturated heterocycles. The predicted octanol–water partition coefficient (Wildman–Crippen LogP) is 5.39. The molecular formula is C27H31N5OS. The van der Waals surface area contributed by atoms with Gasteiger partial charge in [-0.2, -0.15) is 0 Å². The van der Waals surface area contributed by atoms with Crippen molar-refractivity contribution in [3.8, 4) is 0 Å². The van der Waals surface area contributed by atoms with Gasteiger partial charge in [0.25, 0.3) is 0 Å². The fourth-order valence-corrected chi connectivity index (χ4v) is 5.52. The number of para-hydroxylation sites is 1. The van der Waals surface area contributed by atoms with Gasteiger partial charge < -0.3 is 20.1 Å². The second-order valence-corrected chi connectivity index (χ2v) is 9.55. The third-order valence-electron chi connectivity index (χ3n) is 6.91. The van der Waals surface area contributed by atoms with Crippen LogP contribution in [0.2, 0.25) is 0 Å². The Kier molecular flexibility index (Phi) is 6.90. The van der Waals surface area contributed by atoms with Crippen LogP contribution in [0.3, 0.4) is 0 Å². The van der Waals surface area contributed by atoms with Gasteiger partial charge in [-0.25, -0.2) is 0 Å². The molecule has 6 nitrogen and oxygen atoms in total. The fourth-order valence-electron chi connectivity index (χ4n) is 5.19. The predicted molar refractivity (Wildman–Crippen MR) is 138 cm³/mol. The van der Waals surface area contributed by atoms with Crippen LogP contribution in [0.4, 0.5) is 5.69 Å². The van der Waals surface area contributed by atoms with Crippen molar-refractivity contribution in [3.63, 3.8) is 0 Å². The average Bonchev–Trinajstić information content (AvgIpc) is 3.49. The van der Waals surface area contributed by atoms with Crippen molar-refractivity contribution in [1.82, 2.24) is 19.8 Å². The Morgan fingerprint density at radius 2 is 1.85 bits per heavy atom. The Morgan fingerprint density at radius 3 is 2.62 bits per heavy atom. The van der Waals surface area contributed by atoms with E-state index in [9.17, 15) is 4.79 Å². The van der Waals surface area contributed by atoms with Crippen LogP contribution < -0.4 is 10.6 Å². The summed E-state index contributed by atoms with van der Waals surface area (Å²) in [6.07, 6.45) is 13.1. The Labute approximate surface area is 206 Å². The summed E-state index contributed by atoms with van der Waals surface area (Å²) in [7, 11) is 0. The highest BCUT2D eigenvalue weighted by molar-refractivity contribution is 7.80. The molecule has 1 saturated carbocycles. The number of anilines is 1. The molecule has 0 unspecified atom stereocenters. The number of hydrogen-bond acceptors (Lipinski definition) is 3. The molecule has 1 aromatic carbocycles. The van der Waals surface area contributed by atoms with Crippen LogP contribution in [-0.2, 0) is 4.79 Å². The molecule has 0 bridgehead atoms. The lowest BCUT2D eigenvalue weighted by Crippen LogP contribution is -2.32. The van der Waals surface area contributed by atoms with E-state index in [1.165, 1.54) is 37.7 Å². The minimum Gasteiger partial charge on any atom is -0.352 e. The van der Waals surface area contributed by atoms with E-state index >= 15 is 0 Å². The van der Waals surface area contributed by atoms with E-state index < -0.39 is 0 Å². The molecule has 1 amide bonds. The molecule has 1 aliphatic carbocycles. The van der Waals surface area contributed by atoms with E-state index in [-0.39, 0.29) is 18.0 Å². The first kappa shape index (κ1) is 22.6. The van der Waals surface area contributed by atoms with Crippen LogP contribution in [0.25, 0.3) is 0 Å². The van der Waals surface area contributed by atoms with Crippen LogP contribution in [-0.4, -0.2) is 32.0 Å². The molecule has 2 aliphatic rings. The normalized spacial score (nSPS) is 20.8. The zero-order valence-corrected chi connectivity index (χ0v) is 20.1. The van der Waals surface area contributed by atoms with Gasteiger partial charge in [0.1, 0.15) is 0 Å². The summed E-state index contributed by atoms with van der Waals surface area (Å²) in [5.41, 5.74) is 2.97. The van der Waals surface area contributed by atoms with E-state index in [1.54, 1.807) is 0 Å². The molecule has 176 valence electrons. The minimum absolute atomic E-state index is 0.0169. The standard InChI is InChI=1S/C27H31N5OS/c33-24(29-21-9-3-1-4-10-21)15-18-32-26(25(30-27(32)34)23-13-7-8-16-28-23)20-14-17-31(19-20)22-11-5-2-6-12-22/h1,3-4,7-10,13-14,16-17,19,22,25-26H,2,5-6,11-12,15,18H2,(H,29,33)(H,30,34)/t25-,26+/m1/s1. The molecule has 1 aliphatic heterocycles. The van der Waals surface area contributed by atoms with Crippen molar-refractivity contribution in [3.05, 3.63) is 84.4 Å². The lowest BCUT2D eigenvalue weighted by molar-refractivity contribution is -0.116. The van der Waals surface area contributed by atoms with E-state index in [2.05, 4.69) is 43.5 Å². The number of aromatic nitrogens is 2. The smallest absolute Gasteiger partial charge is 0.226 e. The van der Waals surface area contributed by atoms with E-state index in [4.69, 9.17) is 12.2 Å². The molecule has 5 rings (SSSR count). The van der Waals surface area contributed by atoms with Gasteiger partial charge >= 0.3 is 0 Å². The summed E-state index contributed by atoms with van der Waals surface area (Å²) in [5, 5.41) is 7.13. The number of carbonyl (C=O) groups excluding carboxylic acids is 1. The summed E-state index contributed by atoms with van der Waals surface area (Å²) in [5.74, 6) is -0.0196. The first-order valence-electron chi connectivity index (χ1n) is 12.2. The van der Waals surface area contributed by atoms with Crippen LogP contribution >= 0.6 is 12.2 Å². The summed E-state index contributed by atoms with van der Waals surface area (Å²) >= 11 is 5.76. The van der Waals surface area contributed by atoms with E-state index in [0.717, 1.165) is 11.4 Å². The van der Waals surface area contributed by atoms with Crippen molar-refractivity contribution < 1.29 is 4.79 Å². The number of hydrogen-bond donors (Lipinski definition) is 2. The SMILES string of the molecule is O=C(CCN1C(=S)N[C@H](c2ccccn2)[C@@H]1c1ccn(C2CCCCC2)c1)Nc1ccccc1. The van der Waals surface area contributed by atoms with Crippen molar-refractivity contribution in [2.24, 2.45) is 0 Å². The van der Waals surface area contributed by atoms with Crippen LogP contribution in [0, 0.1) is 0 Å². The molecule has 2 atom stereocenters. The van der Waals surface area contributed by atoms with E-state index in [1.807, 2.05) is 54.7 Å². The first-order chi connectivity index (χ1) is 16.7. The maximum atomic E-state index is 12.7. The number of nitrogens with zero attached hydrogens (tertiary/aromatic N) is 3. The molecule has 34 heavy (non-hydrogen) atoms. The first-order valence-corrected chi connectivity index (χ1v) is 12.6. The number of rotatable bonds is 7. The molecule has 0 spiro atoms. The molecule has 2 N–H and O–H groups in total. The molecule has 3 aromatic rings. The summed E-state index contributed by atoms with van der Waals surface area (Å²) in [4.78, 5) is 19.4. The molecular weight excluding hydrogens is 442 g/mol. The largest absolute Gasteiger partial charge is 0.352 e. The number of nitrogens with one attached hydrogen (secondary N) is 2. The summed E-state index contributed by atoms with van der Waals surface area (Å²) in [6.45, 7) is 0.535. The van der Waals surface area contributed by atoms with Crippen molar-refractivity contribution >= 4 is 28.9 Å². The number of pyridine rings is 1. The highest BCUT2D eigenvalue weighted by Crippen LogP contribution is 2.39. The van der Waals surface area contributed by atoms with Gasteiger partial charge in [-0.3, -0.25) is 9.78 Å². The van der Waals surface area contributed by atoms with Gasteiger partial charge in [0.05, 0.1) is 17.8 Å². The van der Waals surface area contributed by atoms with Crippen LogP contribution in [0.15, 0.2) is 73.2 Å². The molecule has 2 aromatic heterocycles. The summed E-state index contributed by atoms with van der Waals surface area (Å²) in [6, 6.07) is 18.2. The van der Waals surface area contributed by atoms with Crippen molar-refractivity contribution in [2.45, 2.75) is 56.7 Å². The molecule has 3 heterocycles. The van der Waals surface area contributed by atoms with Gasteiger partial charge in [0.15, 0.2) is 5.11 Å². The zero-order chi connectivity index (χ0) is 23.3. The van der Waals surface area contributed by atoms with E-state index in [0.29, 0.717) is 24.1 Å². The number of thiocarbonyl (C=S) groups is 1. The fraction of sp³-hybridized carbons (Fsp3) is 0.370. The van der Waals surface area contributed by atoms with Gasteiger partial charge in [-0.1, -0.05) is 43.5 Å². The Hall–Kier alpha value is -3.19. The molecule has 7 heteroatoms. The van der Waals surface area contributed by atoms with Gasteiger partial charge in [0.2, 0.25) is 5.91 Å². The third kappa shape index (κ3) is 4.99. The quantitative estimate of drug-likeness (QED) is 0.451.